The summed E-state index contributed by atoms with van der Waals surface area (Å²) in [5.74, 6) is 2.48. The second kappa shape index (κ2) is 12.1. The van der Waals surface area contributed by atoms with Crippen molar-refractivity contribution in [2.24, 2.45) is 17.3 Å². The lowest BCUT2D eigenvalue weighted by Crippen LogP contribution is -2.53. The third-order valence-electron chi connectivity index (χ3n) is 7.61. The van der Waals surface area contributed by atoms with Crippen molar-refractivity contribution in [1.29, 1.82) is 5.26 Å². The van der Waals surface area contributed by atoms with Gasteiger partial charge in [-0.1, -0.05) is 31.5 Å². The first-order valence-electron chi connectivity index (χ1n) is 12.8. The first-order valence-corrected chi connectivity index (χ1v) is 14.0. The molecule has 35 heavy (non-hydrogen) atoms. The van der Waals surface area contributed by atoms with Crippen LogP contribution in [0, 0.1) is 28.6 Å². The van der Waals surface area contributed by atoms with Gasteiger partial charge in [-0.15, -0.1) is 11.8 Å². The Morgan fingerprint density at radius 3 is 2.69 bits per heavy atom. The number of benzene rings is 1. The van der Waals surface area contributed by atoms with Gasteiger partial charge >= 0.3 is 0 Å². The molecule has 4 N–H and O–H groups in total. The minimum Gasteiger partial charge on any atom is -0.396 e. The number of aromatic nitrogens is 2. The fourth-order valence-corrected chi connectivity index (χ4v) is 6.64. The lowest BCUT2D eigenvalue weighted by Gasteiger charge is -2.51. The zero-order valence-electron chi connectivity index (χ0n) is 20.9. The van der Waals surface area contributed by atoms with Crippen LogP contribution in [-0.4, -0.2) is 47.1 Å². The molecule has 2 unspecified atom stereocenters. The molecule has 4 atom stereocenters. The van der Waals surface area contributed by atoms with Crippen molar-refractivity contribution in [1.82, 2.24) is 15.3 Å². The zero-order chi connectivity index (χ0) is 24.7. The summed E-state index contributed by atoms with van der Waals surface area (Å²) in [6, 6.07) is 11.1. The van der Waals surface area contributed by atoms with E-state index in [0.717, 1.165) is 32.4 Å². The predicted octanol–water partition coefficient (Wildman–Crippen LogP) is 4.65. The second-order valence-electron chi connectivity index (χ2n) is 10.3. The van der Waals surface area contributed by atoms with Gasteiger partial charge in [-0.05, 0) is 73.8 Å². The number of nitriles is 1. The van der Waals surface area contributed by atoms with E-state index < -0.39 is 0 Å². The van der Waals surface area contributed by atoms with Crippen LogP contribution in [-0.2, 0) is 6.54 Å². The van der Waals surface area contributed by atoms with Crippen molar-refractivity contribution in [2.75, 3.05) is 36.6 Å². The monoisotopic (exact) mass is 494 g/mol. The molecular weight excluding hydrogens is 456 g/mol. The highest BCUT2D eigenvalue weighted by Gasteiger charge is 2.45. The molecule has 7 nitrogen and oxygen atoms in total. The van der Waals surface area contributed by atoms with Gasteiger partial charge in [0.2, 0.25) is 5.95 Å². The molecule has 2 aromatic rings. The zero-order valence-corrected chi connectivity index (χ0v) is 21.7. The molecule has 1 heterocycles. The van der Waals surface area contributed by atoms with Gasteiger partial charge in [0.15, 0.2) is 0 Å². The third kappa shape index (κ3) is 6.46. The van der Waals surface area contributed by atoms with E-state index >= 15 is 0 Å². The minimum atomic E-state index is 0.160. The average molecular weight is 495 g/mol. The number of nitrogens with one attached hydrogen (secondary N) is 3. The summed E-state index contributed by atoms with van der Waals surface area (Å²) in [5, 5.41) is 29.4. The molecule has 0 spiro atoms. The molecule has 2 aliphatic rings. The maximum atomic E-state index is 9.64. The smallest absolute Gasteiger partial charge is 0.224 e. The van der Waals surface area contributed by atoms with Crippen LogP contribution in [0.25, 0.3) is 0 Å². The van der Waals surface area contributed by atoms with Crippen LogP contribution >= 0.6 is 11.8 Å². The van der Waals surface area contributed by atoms with Gasteiger partial charge in [0.1, 0.15) is 17.5 Å². The van der Waals surface area contributed by atoms with E-state index in [-0.39, 0.29) is 12.0 Å². The summed E-state index contributed by atoms with van der Waals surface area (Å²) < 4.78 is 0. The van der Waals surface area contributed by atoms with Gasteiger partial charge < -0.3 is 21.1 Å². The van der Waals surface area contributed by atoms with Crippen molar-refractivity contribution in [3.8, 4) is 6.07 Å². The summed E-state index contributed by atoms with van der Waals surface area (Å²) in [4.78, 5) is 10.3. The Balaban J connectivity index is 1.40. The highest BCUT2D eigenvalue weighted by molar-refractivity contribution is 7.98. The van der Waals surface area contributed by atoms with Crippen LogP contribution in [0.1, 0.15) is 56.6 Å². The van der Waals surface area contributed by atoms with E-state index in [2.05, 4.69) is 57.3 Å². The van der Waals surface area contributed by atoms with Gasteiger partial charge in [0, 0.05) is 30.6 Å². The van der Waals surface area contributed by atoms with Crippen LogP contribution in [0.15, 0.2) is 35.4 Å². The number of aliphatic hydroxyl groups excluding tert-OH is 1. The molecule has 2 aliphatic carbocycles. The quantitative estimate of drug-likeness (QED) is 0.264. The van der Waals surface area contributed by atoms with E-state index in [1.807, 2.05) is 12.1 Å². The average Bonchev–Trinajstić information content (AvgIpc) is 2.87. The van der Waals surface area contributed by atoms with Crippen LogP contribution in [0.2, 0.25) is 0 Å². The molecule has 2 bridgehead atoms. The van der Waals surface area contributed by atoms with Crippen molar-refractivity contribution in [3.05, 3.63) is 41.6 Å². The Bertz CT molecular complexity index is 1010. The van der Waals surface area contributed by atoms with E-state index in [9.17, 15) is 5.26 Å². The van der Waals surface area contributed by atoms with Crippen molar-refractivity contribution >= 4 is 23.5 Å². The first kappa shape index (κ1) is 25.7. The van der Waals surface area contributed by atoms with Crippen LogP contribution in [0.5, 0.6) is 0 Å². The van der Waals surface area contributed by atoms with Crippen molar-refractivity contribution in [2.45, 2.75) is 62.9 Å². The number of aliphatic hydroxyl groups is 1. The molecule has 4 rings (SSSR count). The van der Waals surface area contributed by atoms with E-state index in [1.165, 1.54) is 29.7 Å². The molecule has 0 amide bonds. The molecule has 0 radical (unpaired) electrons. The SMILES string of the molecule is CSc1ccccc1CNc1ncc(C#N)c(NCC2(C)CC3CCC[C@@H](C2)[C@@H]3NCCCO)n1. The Hall–Kier alpha value is -2.34. The van der Waals surface area contributed by atoms with Gasteiger partial charge in [0.25, 0.3) is 0 Å². The maximum Gasteiger partial charge on any atom is 0.224 e. The Kier molecular flexibility index (Phi) is 8.88. The lowest BCUT2D eigenvalue weighted by molar-refractivity contribution is 0.0371. The van der Waals surface area contributed by atoms with Gasteiger partial charge in [-0.3, -0.25) is 0 Å². The normalized spacial score (nSPS) is 25.6. The Morgan fingerprint density at radius 2 is 1.97 bits per heavy atom. The largest absolute Gasteiger partial charge is 0.396 e. The molecule has 1 aromatic heterocycles. The number of thioether (sulfide) groups is 1. The second-order valence-corrected chi connectivity index (χ2v) is 11.2. The standard InChI is InChI=1S/C27H38N6OS/c1-27(13-19-8-5-9-20(14-27)24(19)29-11-6-12-34)18-32-25-22(15-28)17-31-26(33-25)30-16-21-7-3-4-10-23(21)35-2/h3-4,7,10,17,19-20,24,29,34H,5-6,8-9,11-14,16,18H2,1-2H3,(H2,30,31,32,33)/t19-,20?,24-,27?/m0/s1. The van der Waals surface area contributed by atoms with E-state index in [4.69, 9.17) is 5.11 Å². The molecule has 2 fully saturated rings. The molecular formula is C27H38N6OS. The molecule has 0 aliphatic heterocycles. The highest BCUT2D eigenvalue weighted by Crippen LogP contribution is 2.48. The first-order chi connectivity index (χ1) is 17.0. The number of nitrogens with zero attached hydrogens (tertiary/aromatic N) is 3. The number of fused-ring (bicyclic) bond motifs is 2. The molecule has 2 saturated carbocycles. The summed E-state index contributed by atoms with van der Waals surface area (Å²) in [6.45, 7) is 4.95. The molecule has 1 aromatic carbocycles. The highest BCUT2D eigenvalue weighted by atomic mass is 32.2. The number of hydrogen-bond donors (Lipinski definition) is 4. The fourth-order valence-electron chi connectivity index (χ4n) is 6.02. The van der Waals surface area contributed by atoms with Crippen molar-refractivity contribution in [3.63, 3.8) is 0 Å². The summed E-state index contributed by atoms with van der Waals surface area (Å²) >= 11 is 1.72. The summed E-state index contributed by atoms with van der Waals surface area (Å²) in [5.41, 5.74) is 1.84. The summed E-state index contributed by atoms with van der Waals surface area (Å²) in [6.07, 6.45) is 10.7. The number of anilines is 2. The van der Waals surface area contributed by atoms with Gasteiger partial charge in [0.05, 0.1) is 6.20 Å². The van der Waals surface area contributed by atoms with E-state index in [1.54, 1.807) is 18.0 Å². The minimum absolute atomic E-state index is 0.160. The summed E-state index contributed by atoms with van der Waals surface area (Å²) in [7, 11) is 0. The third-order valence-corrected chi connectivity index (χ3v) is 8.45. The van der Waals surface area contributed by atoms with Gasteiger partial charge in [-0.2, -0.15) is 10.2 Å². The van der Waals surface area contributed by atoms with Crippen LogP contribution in [0.4, 0.5) is 11.8 Å². The van der Waals surface area contributed by atoms with Crippen LogP contribution in [0.3, 0.4) is 0 Å². The molecule has 188 valence electrons. The predicted molar refractivity (Wildman–Crippen MR) is 142 cm³/mol. The van der Waals surface area contributed by atoms with Gasteiger partial charge in [-0.25, -0.2) is 4.98 Å². The van der Waals surface area contributed by atoms with Crippen molar-refractivity contribution < 1.29 is 5.11 Å². The number of hydrogen-bond acceptors (Lipinski definition) is 8. The maximum absolute atomic E-state index is 9.64. The van der Waals surface area contributed by atoms with E-state index in [0.29, 0.717) is 41.8 Å². The Labute approximate surface area is 213 Å². The van der Waals surface area contributed by atoms with Crippen LogP contribution < -0.4 is 16.0 Å². The Morgan fingerprint density at radius 1 is 1.20 bits per heavy atom. The number of rotatable bonds is 11. The topological polar surface area (TPSA) is 106 Å². The molecule has 8 heteroatoms. The lowest BCUT2D eigenvalue weighted by atomic mass is 9.59. The molecule has 0 saturated heterocycles. The fraction of sp³-hybridized carbons (Fsp3) is 0.593.